The minimum atomic E-state index is -0.771. The van der Waals surface area contributed by atoms with Gasteiger partial charge in [0.1, 0.15) is 13.2 Å². The molecule has 1 unspecified atom stereocenters. The third-order valence-electron chi connectivity index (χ3n) is 16.8. The maximum Gasteiger partial charge on any atom is 0.306 e. The van der Waals surface area contributed by atoms with Gasteiger partial charge < -0.3 is 14.2 Å². The van der Waals surface area contributed by atoms with E-state index in [1.165, 1.54) is 283 Å². The number of hydrogen-bond acceptors (Lipinski definition) is 6. The minimum absolute atomic E-state index is 0.0679. The van der Waals surface area contributed by atoms with E-state index in [9.17, 15) is 14.4 Å². The summed E-state index contributed by atoms with van der Waals surface area (Å²) in [4.78, 5) is 38.3. The van der Waals surface area contributed by atoms with Gasteiger partial charge >= 0.3 is 17.9 Å². The van der Waals surface area contributed by atoms with E-state index < -0.39 is 6.10 Å². The molecule has 83 heavy (non-hydrogen) atoms. The molecule has 0 aliphatic rings. The van der Waals surface area contributed by atoms with Gasteiger partial charge in [0.25, 0.3) is 0 Å². The van der Waals surface area contributed by atoms with Crippen LogP contribution in [0.2, 0.25) is 0 Å². The van der Waals surface area contributed by atoms with E-state index in [4.69, 9.17) is 14.2 Å². The summed E-state index contributed by atoms with van der Waals surface area (Å²) in [5, 5.41) is 0. The van der Waals surface area contributed by atoms with Crippen LogP contribution in [0, 0.1) is 0 Å². The maximum absolute atomic E-state index is 12.9. The Morgan fingerprint density at radius 1 is 0.253 bits per heavy atom. The molecule has 0 heterocycles. The van der Waals surface area contributed by atoms with Crippen LogP contribution in [0.4, 0.5) is 0 Å². The lowest BCUT2D eigenvalue weighted by Crippen LogP contribution is -2.30. The molecule has 6 nitrogen and oxygen atoms in total. The van der Waals surface area contributed by atoms with E-state index in [1.54, 1.807) is 0 Å². The molecule has 0 fully saturated rings. The fraction of sp³-hybridized carbons (Fsp3) is 0.857. The normalized spacial score (nSPS) is 12.3. The third kappa shape index (κ3) is 70.0. The van der Waals surface area contributed by atoms with E-state index >= 15 is 0 Å². The summed E-state index contributed by atoms with van der Waals surface area (Å²) in [6.45, 7) is 6.58. The average Bonchev–Trinajstić information content (AvgIpc) is 3.49. The van der Waals surface area contributed by atoms with Crippen molar-refractivity contribution in [1.29, 1.82) is 0 Å². The van der Waals surface area contributed by atoms with Gasteiger partial charge in [-0.25, -0.2) is 0 Å². The molecular formula is C77H142O6. The molecule has 0 aromatic heterocycles. The monoisotopic (exact) mass is 1160 g/mol. The molecule has 0 aromatic rings. The van der Waals surface area contributed by atoms with Crippen molar-refractivity contribution in [3.05, 3.63) is 48.6 Å². The van der Waals surface area contributed by atoms with Crippen LogP contribution in [0.3, 0.4) is 0 Å². The number of carbonyl (C=O) groups excluding carboxylic acids is 3. The molecule has 0 saturated heterocycles. The summed E-state index contributed by atoms with van der Waals surface area (Å²) in [7, 11) is 0. The molecule has 0 amide bonds. The van der Waals surface area contributed by atoms with Crippen molar-refractivity contribution in [3.8, 4) is 0 Å². The summed E-state index contributed by atoms with van der Waals surface area (Å²) < 4.78 is 17.0. The average molecular weight is 1160 g/mol. The molecule has 0 spiro atoms. The van der Waals surface area contributed by atoms with Crippen LogP contribution in [-0.4, -0.2) is 37.2 Å². The summed E-state index contributed by atoms with van der Waals surface area (Å²) in [5.41, 5.74) is 0. The Morgan fingerprint density at radius 3 is 0.735 bits per heavy atom. The second-order valence-corrected chi connectivity index (χ2v) is 25.2. The molecular weight excluding hydrogens is 1020 g/mol. The van der Waals surface area contributed by atoms with Crippen LogP contribution < -0.4 is 0 Å². The minimum Gasteiger partial charge on any atom is -0.462 e. The van der Waals surface area contributed by atoms with Crippen LogP contribution in [0.15, 0.2) is 48.6 Å². The van der Waals surface area contributed by atoms with E-state index in [0.29, 0.717) is 19.3 Å². The molecule has 0 radical (unpaired) electrons. The lowest BCUT2D eigenvalue weighted by molar-refractivity contribution is -0.167. The summed E-state index contributed by atoms with van der Waals surface area (Å²) in [6, 6.07) is 0. The van der Waals surface area contributed by atoms with Gasteiger partial charge in [0, 0.05) is 19.3 Å². The lowest BCUT2D eigenvalue weighted by Gasteiger charge is -2.18. The van der Waals surface area contributed by atoms with Crippen LogP contribution in [0.1, 0.15) is 406 Å². The highest BCUT2D eigenvalue weighted by molar-refractivity contribution is 5.71. The van der Waals surface area contributed by atoms with E-state index in [2.05, 4.69) is 69.4 Å². The number of hydrogen-bond donors (Lipinski definition) is 0. The molecule has 6 heteroatoms. The number of carbonyl (C=O) groups is 3. The zero-order chi connectivity index (χ0) is 59.9. The van der Waals surface area contributed by atoms with Crippen molar-refractivity contribution in [1.82, 2.24) is 0 Å². The van der Waals surface area contributed by atoms with Gasteiger partial charge in [0.2, 0.25) is 0 Å². The van der Waals surface area contributed by atoms with Crippen molar-refractivity contribution < 1.29 is 28.6 Å². The number of ether oxygens (including phenoxy) is 3. The maximum atomic E-state index is 12.9. The number of allylic oxidation sites excluding steroid dienone is 8. The van der Waals surface area contributed by atoms with Crippen molar-refractivity contribution in [3.63, 3.8) is 0 Å². The standard InChI is InChI=1S/C77H142O6/c1-4-7-10-13-16-19-21-23-25-27-29-31-33-35-36-37-38-39-40-42-43-45-47-49-51-53-55-58-61-64-67-70-76(79)82-73-74(72-81-75(78)69-66-63-60-57-18-15-12-9-6-3)83-77(80)71-68-65-62-59-56-54-52-50-48-46-44-41-34-32-30-28-26-24-22-20-17-14-11-8-5-2/h8,11,17,20,24,26,30,32,74H,4-7,9-10,12-16,18-19,21-23,25,27-29,31,33-73H2,1-3H3/b11-8-,20-17-,26-24-,32-30-. The zero-order valence-corrected chi connectivity index (χ0v) is 56.0. The Bertz CT molecular complexity index is 1430. The SMILES string of the molecule is CC/C=C\C/C=C\C/C=C\C/C=C\CCCCCCCCCCCCCCC(=O)OC(COC(=O)CCCCCCCCCCC)COC(=O)CCCCCCCCCCCCCCCCCCCCCCCCCCCCCCCCC. The molecule has 1 atom stereocenters. The Hall–Kier alpha value is -2.63. The van der Waals surface area contributed by atoms with Crippen molar-refractivity contribution >= 4 is 17.9 Å². The highest BCUT2D eigenvalue weighted by atomic mass is 16.6. The van der Waals surface area contributed by atoms with Gasteiger partial charge in [-0.05, 0) is 57.8 Å². The van der Waals surface area contributed by atoms with E-state index in [0.717, 1.165) is 83.5 Å². The first-order chi connectivity index (χ1) is 41.0. The van der Waals surface area contributed by atoms with E-state index in [-0.39, 0.29) is 31.1 Å². The van der Waals surface area contributed by atoms with E-state index in [1.807, 2.05) is 0 Å². The van der Waals surface area contributed by atoms with Gasteiger partial charge in [-0.2, -0.15) is 0 Å². The van der Waals surface area contributed by atoms with Gasteiger partial charge in [-0.15, -0.1) is 0 Å². The molecule has 486 valence electrons. The zero-order valence-electron chi connectivity index (χ0n) is 56.0. The molecule has 0 aliphatic heterocycles. The van der Waals surface area contributed by atoms with Crippen molar-refractivity contribution in [2.24, 2.45) is 0 Å². The summed E-state index contributed by atoms with van der Waals surface area (Å²) in [6.07, 6.45) is 91.8. The first kappa shape index (κ1) is 80.4. The fourth-order valence-electron chi connectivity index (χ4n) is 11.3. The largest absolute Gasteiger partial charge is 0.462 e. The third-order valence-corrected chi connectivity index (χ3v) is 16.8. The Kier molecular flexibility index (Phi) is 69.6. The second kappa shape index (κ2) is 71.8. The highest BCUT2D eigenvalue weighted by Crippen LogP contribution is 2.19. The molecule has 0 rings (SSSR count). The fourth-order valence-corrected chi connectivity index (χ4v) is 11.3. The Morgan fingerprint density at radius 2 is 0.470 bits per heavy atom. The molecule has 0 bridgehead atoms. The topological polar surface area (TPSA) is 78.9 Å². The van der Waals surface area contributed by atoms with Crippen LogP contribution in [0.25, 0.3) is 0 Å². The Labute approximate surface area is 518 Å². The van der Waals surface area contributed by atoms with Gasteiger partial charge in [0.15, 0.2) is 6.10 Å². The first-order valence-corrected chi connectivity index (χ1v) is 37.1. The lowest BCUT2D eigenvalue weighted by atomic mass is 10.0. The van der Waals surface area contributed by atoms with Crippen LogP contribution in [0.5, 0.6) is 0 Å². The predicted octanol–water partition coefficient (Wildman–Crippen LogP) is 25.7. The number of esters is 3. The molecule has 0 aliphatic carbocycles. The highest BCUT2D eigenvalue weighted by Gasteiger charge is 2.20. The van der Waals surface area contributed by atoms with Crippen LogP contribution in [-0.2, 0) is 28.6 Å². The first-order valence-electron chi connectivity index (χ1n) is 37.1. The molecule has 0 aromatic carbocycles. The van der Waals surface area contributed by atoms with Crippen molar-refractivity contribution in [2.75, 3.05) is 13.2 Å². The quantitative estimate of drug-likeness (QED) is 0.0261. The second-order valence-electron chi connectivity index (χ2n) is 25.2. The summed E-state index contributed by atoms with van der Waals surface area (Å²) >= 11 is 0. The summed E-state index contributed by atoms with van der Waals surface area (Å²) in [5.74, 6) is -0.846. The smallest absolute Gasteiger partial charge is 0.306 e. The molecule has 0 N–H and O–H groups in total. The van der Waals surface area contributed by atoms with Gasteiger partial charge in [-0.1, -0.05) is 378 Å². The number of unbranched alkanes of at least 4 members (excludes halogenated alkanes) is 50. The Balaban J connectivity index is 4.06. The van der Waals surface area contributed by atoms with Gasteiger partial charge in [0.05, 0.1) is 0 Å². The predicted molar refractivity (Wildman–Crippen MR) is 362 cm³/mol. The molecule has 0 saturated carbocycles. The number of rotatable bonds is 69. The van der Waals surface area contributed by atoms with Crippen molar-refractivity contribution in [2.45, 2.75) is 412 Å². The van der Waals surface area contributed by atoms with Crippen LogP contribution >= 0.6 is 0 Å². The van der Waals surface area contributed by atoms with Gasteiger partial charge in [-0.3, -0.25) is 14.4 Å².